The summed E-state index contributed by atoms with van der Waals surface area (Å²) in [6.45, 7) is 5.24. The summed E-state index contributed by atoms with van der Waals surface area (Å²) in [5.41, 5.74) is 1.16. The molecule has 1 fully saturated rings. The number of aliphatic hydroxyl groups excluding tert-OH is 1. The number of hydrogen-bond acceptors (Lipinski definition) is 3. The van der Waals surface area contributed by atoms with Crippen molar-refractivity contribution in [3.63, 3.8) is 0 Å². The largest absolute Gasteiger partial charge is 0.394 e. The average Bonchev–Trinajstić information content (AvgIpc) is 2.93. The second kappa shape index (κ2) is 10.1. The van der Waals surface area contributed by atoms with Gasteiger partial charge in [-0.1, -0.05) is 17.7 Å². The fourth-order valence-electron chi connectivity index (χ4n) is 2.46. The van der Waals surface area contributed by atoms with Gasteiger partial charge >= 0.3 is 0 Å². The van der Waals surface area contributed by atoms with E-state index in [2.05, 4.69) is 26.6 Å². The van der Waals surface area contributed by atoms with Crippen LogP contribution in [0.2, 0.25) is 5.02 Å². The molecule has 0 bridgehead atoms. The molecule has 0 aliphatic carbocycles. The van der Waals surface area contributed by atoms with Gasteiger partial charge in [0.1, 0.15) is 0 Å². The molecule has 124 valence electrons. The van der Waals surface area contributed by atoms with Crippen LogP contribution >= 0.6 is 35.6 Å². The van der Waals surface area contributed by atoms with Crippen LogP contribution in [0.5, 0.6) is 0 Å². The third kappa shape index (κ3) is 5.81. The highest BCUT2D eigenvalue weighted by atomic mass is 127. The van der Waals surface area contributed by atoms with Crippen molar-refractivity contribution in [2.24, 2.45) is 4.99 Å². The smallest absolute Gasteiger partial charge is 0.191 e. The number of guanidine groups is 1. The molecule has 1 atom stereocenters. The number of benzene rings is 1. The lowest BCUT2D eigenvalue weighted by Gasteiger charge is -2.20. The summed E-state index contributed by atoms with van der Waals surface area (Å²) in [4.78, 5) is 6.63. The Hall–Kier alpha value is -0.730. The molecule has 3 N–H and O–H groups in total. The molecule has 5 nitrogen and oxygen atoms in total. The number of rotatable bonds is 5. The molecule has 1 heterocycles. The van der Waals surface area contributed by atoms with Crippen molar-refractivity contribution in [1.82, 2.24) is 10.6 Å². The van der Waals surface area contributed by atoms with E-state index in [1.165, 1.54) is 0 Å². The normalized spacial score (nSPS) is 18.0. The Bertz CT molecular complexity index is 486. The van der Waals surface area contributed by atoms with E-state index in [1.807, 2.05) is 25.1 Å². The van der Waals surface area contributed by atoms with Crippen molar-refractivity contribution in [3.05, 3.63) is 29.3 Å². The first kappa shape index (κ1) is 19.3. The van der Waals surface area contributed by atoms with Crippen LogP contribution in [0.3, 0.4) is 0 Å². The molecule has 1 aliphatic heterocycles. The van der Waals surface area contributed by atoms with E-state index in [0.717, 1.165) is 42.7 Å². The first-order valence-electron chi connectivity index (χ1n) is 7.39. The van der Waals surface area contributed by atoms with Gasteiger partial charge in [-0.15, -0.1) is 24.0 Å². The predicted octanol–water partition coefficient (Wildman–Crippen LogP) is 2.08. The number of aliphatic imine (C=N–C) groups is 1. The van der Waals surface area contributed by atoms with Crippen LogP contribution in [-0.4, -0.2) is 49.9 Å². The Labute approximate surface area is 154 Å². The van der Waals surface area contributed by atoms with E-state index < -0.39 is 0 Å². The van der Waals surface area contributed by atoms with Crippen LogP contribution < -0.4 is 15.5 Å². The number of halogens is 2. The highest BCUT2D eigenvalue weighted by Gasteiger charge is 2.23. The fourth-order valence-corrected chi connectivity index (χ4v) is 2.65. The molecule has 1 unspecified atom stereocenters. The molecule has 7 heteroatoms. The molecule has 1 saturated heterocycles. The Morgan fingerprint density at radius 1 is 1.50 bits per heavy atom. The molecule has 1 aromatic rings. The number of nitrogens with zero attached hydrogens (tertiary/aromatic N) is 2. The molecular formula is C15H24ClIN4O. The highest BCUT2D eigenvalue weighted by molar-refractivity contribution is 14.0. The Kier molecular flexibility index (Phi) is 8.89. The third-order valence-corrected chi connectivity index (χ3v) is 3.65. The Morgan fingerprint density at radius 3 is 3.00 bits per heavy atom. The van der Waals surface area contributed by atoms with E-state index >= 15 is 0 Å². The van der Waals surface area contributed by atoms with Gasteiger partial charge in [-0.05, 0) is 31.5 Å². The molecule has 0 radical (unpaired) electrons. The van der Waals surface area contributed by atoms with Gasteiger partial charge < -0.3 is 20.6 Å². The zero-order valence-corrected chi connectivity index (χ0v) is 15.8. The summed E-state index contributed by atoms with van der Waals surface area (Å²) in [6, 6.07) is 8.29. The molecule has 0 spiro atoms. The molecular weight excluding hydrogens is 415 g/mol. The summed E-state index contributed by atoms with van der Waals surface area (Å²) in [7, 11) is 0. The maximum atomic E-state index is 8.88. The van der Waals surface area contributed by atoms with Crippen LogP contribution in [0.4, 0.5) is 5.69 Å². The van der Waals surface area contributed by atoms with Gasteiger partial charge in [0, 0.05) is 36.4 Å². The monoisotopic (exact) mass is 438 g/mol. The lowest BCUT2D eigenvalue weighted by molar-refractivity contribution is 0.306. The van der Waals surface area contributed by atoms with Gasteiger partial charge in [0.2, 0.25) is 0 Å². The van der Waals surface area contributed by atoms with Gasteiger partial charge in [-0.3, -0.25) is 4.99 Å². The maximum absolute atomic E-state index is 8.88. The summed E-state index contributed by atoms with van der Waals surface area (Å²) in [5.74, 6) is 0.768. The third-order valence-electron chi connectivity index (χ3n) is 3.42. The molecule has 1 aliphatic rings. The van der Waals surface area contributed by atoms with Crippen LogP contribution in [0.1, 0.15) is 13.3 Å². The molecule has 2 rings (SSSR count). The minimum absolute atomic E-state index is 0. The van der Waals surface area contributed by atoms with Crippen molar-refractivity contribution >= 4 is 47.2 Å². The first-order valence-corrected chi connectivity index (χ1v) is 7.77. The highest BCUT2D eigenvalue weighted by Crippen LogP contribution is 2.23. The number of anilines is 1. The SMILES string of the molecule is CCNC(=NCCO)NC1CCN(c2cccc(Cl)c2)C1.I. The van der Waals surface area contributed by atoms with Crippen LogP contribution in [0.25, 0.3) is 0 Å². The van der Waals surface area contributed by atoms with Gasteiger partial charge in [-0.25, -0.2) is 0 Å². The quantitative estimate of drug-likeness (QED) is 0.374. The van der Waals surface area contributed by atoms with Gasteiger partial charge in [0.15, 0.2) is 5.96 Å². The second-order valence-electron chi connectivity index (χ2n) is 5.04. The number of aliphatic hydroxyl groups is 1. The van der Waals surface area contributed by atoms with Gasteiger partial charge in [0.05, 0.1) is 13.2 Å². The fraction of sp³-hybridized carbons (Fsp3) is 0.533. The van der Waals surface area contributed by atoms with Crippen LogP contribution in [0, 0.1) is 0 Å². The Balaban J connectivity index is 0.00000242. The van der Waals surface area contributed by atoms with Crippen molar-refractivity contribution in [1.29, 1.82) is 0 Å². The van der Waals surface area contributed by atoms with Crippen molar-refractivity contribution < 1.29 is 5.11 Å². The second-order valence-corrected chi connectivity index (χ2v) is 5.48. The molecule has 0 aromatic heterocycles. The lowest BCUT2D eigenvalue weighted by Crippen LogP contribution is -2.44. The zero-order chi connectivity index (χ0) is 15.1. The number of nitrogens with one attached hydrogen (secondary N) is 2. The molecule has 22 heavy (non-hydrogen) atoms. The predicted molar refractivity (Wildman–Crippen MR) is 104 cm³/mol. The van der Waals surface area contributed by atoms with Crippen LogP contribution in [-0.2, 0) is 0 Å². The standard InChI is InChI=1S/C15H23ClN4O.HI/c1-2-17-15(18-7-9-21)19-13-6-8-20(11-13)14-5-3-4-12(16)10-14;/h3-5,10,13,21H,2,6-9,11H2,1H3,(H2,17,18,19);1H. The summed E-state index contributed by atoms with van der Waals surface area (Å²) in [5, 5.41) is 16.3. The first-order chi connectivity index (χ1) is 10.2. The molecule has 0 saturated carbocycles. The lowest BCUT2D eigenvalue weighted by atomic mass is 10.3. The van der Waals surface area contributed by atoms with Crippen LogP contribution in [0.15, 0.2) is 29.3 Å². The summed E-state index contributed by atoms with van der Waals surface area (Å²) >= 11 is 6.05. The maximum Gasteiger partial charge on any atom is 0.191 e. The molecule has 1 aromatic carbocycles. The van der Waals surface area contributed by atoms with Crippen molar-refractivity contribution in [2.75, 3.05) is 37.7 Å². The average molecular weight is 439 g/mol. The summed E-state index contributed by atoms with van der Waals surface area (Å²) < 4.78 is 0. The topological polar surface area (TPSA) is 59.9 Å². The summed E-state index contributed by atoms with van der Waals surface area (Å²) in [6.07, 6.45) is 1.05. The van der Waals surface area contributed by atoms with E-state index in [9.17, 15) is 0 Å². The van der Waals surface area contributed by atoms with Crippen molar-refractivity contribution in [3.8, 4) is 0 Å². The minimum atomic E-state index is 0. The Morgan fingerprint density at radius 2 is 2.32 bits per heavy atom. The van der Waals surface area contributed by atoms with Gasteiger partial charge in [-0.2, -0.15) is 0 Å². The van der Waals surface area contributed by atoms with E-state index in [0.29, 0.717) is 12.6 Å². The molecule has 0 amide bonds. The van der Waals surface area contributed by atoms with E-state index in [1.54, 1.807) is 0 Å². The number of hydrogen-bond donors (Lipinski definition) is 3. The zero-order valence-electron chi connectivity index (χ0n) is 12.8. The minimum Gasteiger partial charge on any atom is -0.394 e. The van der Waals surface area contributed by atoms with Gasteiger partial charge in [0.25, 0.3) is 0 Å². The van der Waals surface area contributed by atoms with Crippen molar-refractivity contribution in [2.45, 2.75) is 19.4 Å². The van der Waals surface area contributed by atoms with E-state index in [-0.39, 0.29) is 30.6 Å². The van der Waals surface area contributed by atoms with E-state index in [4.69, 9.17) is 16.7 Å².